The summed E-state index contributed by atoms with van der Waals surface area (Å²) >= 11 is 1.93. The number of amides is 1. The van der Waals surface area contributed by atoms with Gasteiger partial charge in [-0.25, -0.2) is 4.79 Å². The molecule has 1 amide bonds. The Bertz CT molecular complexity index is 1060. The molecule has 0 N–H and O–H groups in total. The average molecular weight is 451 g/mol. The summed E-state index contributed by atoms with van der Waals surface area (Å²) in [6, 6.07) is 12.8. The lowest BCUT2D eigenvalue weighted by molar-refractivity contribution is 0.0189. The Hall–Kier alpha value is -2.47. The molecule has 168 valence electrons. The molecule has 2 aromatic carbocycles. The van der Waals surface area contributed by atoms with Crippen molar-refractivity contribution in [1.82, 2.24) is 4.90 Å². The van der Waals surface area contributed by atoms with Gasteiger partial charge in [0.25, 0.3) is 0 Å². The van der Waals surface area contributed by atoms with E-state index in [0.29, 0.717) is 18.2 Å². The van der Waals surface area contributed by atoms with Gasteiger partial charge in [-0.1, -0.05) is 18.2 Å². The first-order valence-electron chi connectivity index (χ1n) is 11.4. The van der Waals surface area contributed by atoms with Crippen molar-refractivity contribution in [3.63, 3.8) is 0 Å². The van der Waals surface area contributed by atoms with Crippen molar-refractivity contribution in [1.29, 1.82) is 0 Å². The molecule has 2 aromatic rings. The number of hydrogen-bond acceptors (Lipinski definition) is 5. The molecule has 6 heteroatoms. The Labute approximate surface area is 194 Å². The number of thioether (sulfide) groups is 1. The van der Waals surface area contributed by atoms with E-state index in [0.717, 1.165) is 49.1 Å². The van der Waals surface area contributed by atoms with Crippen molar-refractivity contribution in [2.45, 2.75) is 56.1 Å². The van der Waals surface area contributed by atoms with E-state index < -0.39 is 5.60 Å². The molecular weight excluding hydrogens is 420 g/mol. The fraction of sp³-hybridized carbons (Fsp3) is 0.462. The van der Waals surface area contributed by atoms with Crippen molar-refractivity contribution >= 4 is 29.8 Å². The zero-order valence-electron chi connectivity index (χ0n) is 19.0. The van der Waals surface area contributed by atoms with E-state index in [4.69, 9.17) is 4.74 Å². The third-order valence-corrected chi connectivity index (χ3v) is 7.69. The van der Waals surface area contributed by atoms with E-state index in [1.54, 1.807) is 0 Å². The molecule has 0 bridgehead atoms. The highest BCUT2D eigenvalue weighted by molar-refractivity contribution is 7.99. The van der Waals surface area contributed by atoms with Gasteiger partial charge >= 0.3 is 6.09 Å². The number of likely N-dealkylation sites (tertiary alicyclic amines) is 1. The highest BCUT2D eigenvalue weighted by Crippen LogP contribution is 2.52. The largest absolute Gasteiger partial charge is 0.444 e. The second-order valence-corrected chi connectivity index (χ2v) is 11.1. The van der Waals surface area contributed by atoms with Crippen molar-refractivity contribution in [2.24, 2.45) is 0 Å². The van der Waals surface area contributed by atoms with Crippen molar-refractivity contribution in [3.05, 3.63) is 47.5 Å². The summed E-state index contributed by atoms with van der Waals surface area (Å²) < 4.78 is 5.68. The first-order valence-corrected chi connectivity index (χ1v) is 12.4. The fourth-order valence-electron chi connectivity index (χ4n) is 5.26. The summed E-state index contributed by atoms with van der Waals surface area (Å²) in [5, 5.41) is 0. The van der Waals surface area contributed by atoms with Crippen LogP contribution in [0.4, 0.5) is 10.5 Å². The predicted molar refractivity (Wildman–Crippen MR) is 129 cm³/mol. The first kappa shape index (κ1) is 21.4. The van der Waals surface area contributed by atoms with Crippen molar-refractivity contribution in [3.8, 4) is 11.1 Å². The molecule has 1 saturated heterocycles. The summed E-state index contributed by atoms with van der Waals surface area (Å²) in [5.74, 6) is 1.39. The molecule has 5 nitrogen and oxygen atoms in total. The molecule has 32 heavy (non-hydrogen) atoms. The number of piperidine rings is 1. The highest BCUT2D eigenvalue weighted by Gasteiger charge is 2.45. The van der Waals surface area contributed by atoms with E-state index in [1.807, 2.05) is 55.6 Å². The molecule has 5 rings (SSSR count). The van der Waals surface area contributed by atoms with Gasteiger partial charge in [-0.05, 0) is 74.3 Å². The van der Waals surface area contributed by atoms with Crippen LogP contribution in [-0.4, -0.2) is 54.3 Å². The Balaban J connectivity index is 1.54. The van der Waals surface area contributed by atoms with Crippen LogP contribution in [0.2, 0.25) is 0 Å². The molecule has 3 aliphatic rings. The molecular formula is C26H30N2O3S. The van der Waals surface area contributed by atoms with Crippen LogP contribution >= 0.6 is 11.8 Å². The lowest BCUT2D eigenvalue weighted by Gasteiger charge is -2.39. The predicted octanol–water partition coefficient (Wildman–Crippen LogP) is 5.57. The van der Waals surface area contributed by atoms with E-state index >= 15 is 0 Å². The topological polar surface area (TPSA) is 49.9 Å². The summed E-state index contributed by atoms with van der Waals surface area (Å²) in [7, 11) is 0. The maximum Gasteiger partial charge on any atom is 0.410 e. The number of benzene rings is 2. The molecule has 0 radical (unpaired) electrons. The third-order valence-electron chi connectivity index (χ3n) is 6.58. The van der Waals surface area contributed by atoms with Gasteiger partial charge in [-0.15, -0.1) is 11.8 Å². The number of ether oxygens (including phenoxy) is 1. The number of carbonyl (C=O) groups excluding carboxylic acids is 2. The summed E-state index contributed by atoms with van der Waals surface area (Å²) in [6.07, 6.45) is 2.80. The fourth-order valence-corrected chi connectivity index (χ4v) is 6.33. The lowest BCUT2D eigenvalue weighted by Crippen LogP contribution is -2.49. The Morgan fingerprint density at radius 3 is 2.78 bits per heavy atom. The summed E-state index contributed by atoms with van der Waals surface area (Å²) in [5.41, 5.74) is 5.11. The van der Waals surface area contributed by atoms with Crippen LogP contribution < -0.4 is 4.90 Å². The number of nitrogens with zero attached hydrogens (tertiary/aromatic N) is 2. The number of carbonyl (C=O) groups is 2. The molecule has 2 atom stereocenters. The number of anilines is 1. The van der Waals surface area contributed by atoms with Crippen LogP contribution in [0.15, 0.2) is 41.3 Å². The van der Waals surface area contributed by atoms with Gasteiger partial charge in [-0.2, -0.15) is 0 Å². The van der Waals surface area contributed by atoms with Gasteiger partial charge in [0.1, 0.15) is 11.9 Å². The Kier molecular flexibility index (Phi) is 5.44. The standard InChI is InChI=1S/C26H30N2O3S/c1-26(2,3)31-25(30)27-10-8-22-21(15-27)20-13-19(18-7-4-6-17(12-18)16-29)14-23-24(20)28(22)9-5-11-32-23/h4,6-7,12-14,16,21-22H,5,8-11,15H2,1-3H3/t21-,22-/m0/s1. The lowest BCUT2D eigenvalue weighted by atomic mass is 9.87. The van der Waals surface area contributed by atoms with Crippen LogP contribution in [-0.2, 0) is 4.74 Å². The minimum Gasteiger partial charge on any atom is -0.444 e. The van der Waals surface area contributed by atoms with Crippen molar-refractivity contribution < 1.29 is 14.3 Å². The van der Waals surface area contributed by atoms with Gasteiger partial charge in [0.2, 0.25) is 0 Å². The van der Waals surface area contributed by atoms with Gasteiger partial charge in [0.15, 0.2) is 0 Å². The van der Waals surface area contributed by atoms with Gasteiger partial charge in [0.05, 0.1) is 5.69 Å². The van der Waals surface area contributed by atoms with Gasteiger partial charge in [0, 0.05) is 42.1 Å². The maximum atomic E-state index is 12.8. The molecule has 3 heterocycles. The Morgan fingerprint density at radius 2 is 2.00 bits per heavy atom. The van der Waals surface area contributed by atoms with Crippen LogP contribution in [0, 0.1) is 0 Å². The monoisotopic (exact) mass is 450 g/mol. The highest BCUT2D eigenvalue weighted by atomic mass is 32.2. The average Bonchev–Trinajstić information content (AvgIpc) is 2.92. The van der Waals surface area contributed by atoms with E-state index in [2.05, 4.69) is 23.1 Å². The molecule has 0 aliphatic carbocycles. The second-order valence-electron chi connectivity index (χ2n) is 9.94. The zero-order valence-corrected chi connectivity index (χ0v) is 19.8. The van der Waals surface area contributed by atoms with Gasteiger partial charge < -0.3 is 14.5 Å². The molecule has 0 spiro atoms. The number of fused-ring (bicyclic) bond motifs is 3. The number of hydrogen-bond donors (Lipinski definition) is 0. The molecule has 0 saturated carbocycles. The molecule has 1 fully saturated rings. The van der Waals surface area contributed by atoms with Crippen molar-refractivity contribution in [2.75, 3.05) is 30.3 Å². The van der Waals surface area contributed by atoms with E-state index in [-0.39, 0.29) is 12.0 Å². The summed E-state index contributed by atoms with van der Waals surface area (Å²) in [4.78, 5) is 30.0. The minimum absolute atomic E-state index is 0.215. The smallest absolute Gasteiger partial charge is 0.410 e. The van der Waals surface area contributed by atoms with Crippen LogP contribution in [0.1, 0.15) is 55.5 Å². The zero-order chi connectivity index (χ0) is 22.5. The normalized spacial score (nSPS) is 22.1. The minimum atomic E-state index is -0.491. The summed E-state index contributed by atoms with van der Waals surface area (Å²) in [6.45, 7) is 8.24. The quantitative estimate of drug-likeness (QED) is 0.560. The second kappa shape index (κ2) is 8.14. The third kappa shape index (κ3) is 3.90. The van der Waals surface area contributed by atoms with E-state index in [9.17, 15) is 9.59 Å². The van der Waals surface area contributed by atoms with Crippen LogP contribution in [0.5, 0.6) is 0 Å². The maximum absolute atomic E-state index is 12.8. The number of rotatable bonds is 2. The van der Waals surface area contributed by atoms with E-state index in [1.165, 1.54) is 16.1 Å². The van der Waals surface area contributed by atoms with Crippen LogP contribution in [0.3, 0.4) is 0 Å². The Morgan fingerprint density at radius 1 is 1.16 bits per heavy atom. The molecule has 0 unspecified atom stereocenters. The first-order chi connectivity index (χ1) is 15.3. The van der Waals surface area contributed by atoms with Gasteiger partial charge in [-0.3, -0.25) is 4.79 Å². The van der Waals surface area contributed by atoms with Crippen LogP contribution in [0.25, 0.3) is 11.1 Å². The number of aldehydes is 1. The SMILES string of the molecule is CC(C)(C)OC(=O)N1CC[C@H]2[C@@H](C1)c1cc(-c3cccc(C=O)c3)cc3c1N2CCCS3. The molecule has 3 aliphatic heterocycles. The molecule has 0 aromatic heterocycles.